The average molecular weight is 356 g/mol. The molecule has 0 radical (unpaired) electrons. The van der Waals surface area contributed by atoms with E-state index in [0.717, 1.165) is 45.1 Å². The summed E-state index contributed by atoms with van der Waals surface area (Å²) in [6, 6.07) is 8.40. The average Bonchev–Trinajstić information content (AvgIpc) is 2.63. The molecule has 0 unspecified atom stereocenters. The Labute approximate surface area is 155 Å². The van der Waals surface area contributed by atoms with Gasteiger partial charge in [-0.05, 0) is 23.1 Å². The SMILES string of the molecule is CC(C)(C)c1ccc(Nc2cnnc(NCCN3CCOCC3)n2)cc1. The first-order valence-corrected chi connectivity index (χ1v) is 9.12. The molecule has 1 saturated heterocycles. The van der Waals surface area contributed by atoms with Gasteiger partial charge < -0.3 is 15.4 Å². The van der Waals surface area contributed by atoms with Crippen LogP contribution in [0.2, 0.25) is 0 Å². The summed E-state index contributed by atoms with van der Waals surface area (Å²) in [6.07, 6.45) is 1.63. The molecule has 7 nitrogen and oxygen atoms in total. The molecule has 1 aliphatic rings. The van der Waals surface area contributed by atoms with Gasteiger partial charge in [0.15, 0.2) is 5.82 Å². The molecule has 2 N–H and O–H groups in total. The molecule has 3 rings (SSSR count). The van der Waals surface area contributed by atoms with Crippen LogP contribution < -0.4 is 10.6 Å². The number of morpholine rings is 1. The first-order chi connectivity index (χ1) is 12.5. The molecule has 0 spiro atoms. The molecule has 0 bridgehead atoms. The van der Waals surface area contributed by atoms with Crippen LogP contribution in [0.1, 0.15) is 26.3 Å². The standard InChI is InChI=1S/C19H28N6O/c1-19(2,3)15-4-6-16(7-5-15)22-17-14-21-24-18(23-17)20-8-9-25-10-12-26-13-11-25/h4-7,14H,8-13H2,1-3H3,(H2,20,22,23,24). The lowest BCUT2D eigenvalue weighted by Gasteiger charge is -2.26. The minimum atomic E-state index is 0.145. The van der Waals surface area contributed by atoms with Crippen LogP contribution in [0.5, 0.6) is 0 Å². The number of nitrogens with zero attached hydrogens (tertiary/aromatic N) is 4. The van der Waals surface area contributed by atoms with E-state index >= 15 is 0 Å². The van der Waals surface area contributed by atoms with Gasteiger partial charge >= 0.3 is 0 Å². The van der Waals surface area contributed by atoms with Crippen molar-refractivity contribution in [3.8, 4) is 0 Å². The Hall–Kier alpha value is -2.25. The summed E-state index contributed by atoms with van der Waals surface area (Å²) >= 11 is 0. The van der Waals surface area contributed by atoms with Gasteiger partial charge in [0.2, 0.25) is 5.95 Å². The number of hydrogen-bond acceptors (Lipinski definition) is 7. The van der Waals surface area contributed by atoms with Crippen molar-refractivity contribution >= 4 is 17.5 Å². The zero-order valence-electron chi connectivity index (χ0n) is 15.8. The maximum absolute atomic E-state index is 5.36. The molecule has 0 saturated carbocycles. The van der Waals surface area contributed by atoms with E-state index in [1.54, 1.807) is 6.20 Å². The van der Waals surface area contributed by atoms with Crippen molar-refractivity contribution in [1.82, 2.24) is 20.1 Å². The van der Waals surface area contributed by atoms with Crippen molar-refractivity contribution in [2.24, 2.45) is 0 Å². The second-order valence-corrected chi connectivity index (χ2v) is 7.50. The van der Waals surface area contributed by atoms with Crippen molar-refractivity contribution in [3.05, 3.63) is 36.0 Å². The van der Waals surface area contributed by atoms with E-state index in [1.807, 2.05) is 0 Å². The second kappa shape index (κ2) is 8.42. The van der Waals surface area contributed by atoms with Crippen molar-refractivity contribution < 1.29 is 4.74 Å². The predicted molar refractivity (Wildman–Crippen MR) is 104 cm³/mol. The van der Waals surface area contributed by atoms with Gasteiger partial charge in [-0.3, -0.25) is 4.90 Å². The number of benzene rings is 1. The number of nitrogens with one attached hydrogen (secondary N) is 2. The molecule has 140 valence electrons. The first kappa shape index (κ1) is 18.5. The molecule has 1 aromatic carbocycles. The molecule has 7 heteroatoms. The van der Waals surface area contributed by atoms with E-state index in [-0.39, 0.29) is 5.41 Å². The van der Waals surface area contributed by atoms with Gasteiger partial charge in [-0.15, -0.1) is 5.10 Å². The maximum Gasteiger partial charge on any atom is 0.244 e. The van der Waals surface area contributed by atoms with E-state index in [4.69, 9.17) is 4.74 Å². The Bertz CT molecular complexity index is 692. The van der Waals surface area contributed by atoms with Gasteiger partial charge in [0.1, 0.15) is 0 Å². The smallest absolute Gasteiger partial charge is 0.244 e. The largest absolute Gasteiger partial charge is 0.379 e. The third-order valence-corrected chi connectivity index (χ3v) is 4.40. The van der Waals surface area contributed by atoms with Crippen LogP contribution in [0.25, 0.3) is 0 Å². The molecule has 2 heterocycles. The Morgan fingerprint density at radius 2 is 1.85 bits per heavy atom. The molecule has 26 heavy (non-hydrogen) atoms. The molecular weight excluding hydrogens is 328 g/mol. The molecule has 0 atom stereocenters. The summed E-state index contributed by atoms with van der Waals surface area (Å²) in [6.45, 7) is 11.9. The summed E-state index contributed by atoms with van der Waals surface area (Å²) in [5, 5.41) is 14.6. The van der Waals surface area contributed by atoms with Crippen molar-refractivity contribution in [1.29, 1.82) is 0 Å². The molecular formula is C19H28N6O. The van der Waals surface area contributed by atoms with Gasteiger partial charge in [0, 0.05) is 31.9 Å². The second-order valence-electron chi connectivity index (χ2n) is 7.50. The zero-order valence-corrected chi connectivity index (χ0v) is 15.8. The third-order valence-electron chi connectivity index (χ3n) is 4.40. The molecule has 1 aliphatic heterocycles. The fourth-order valence-corrected chi connectivity index (χ4v) is 2.79. The van der Waals surface area contributed by atoms with E-state index < -0.39 is 0 Å². The van der Waals surface area contributed by atoms with E-state index in [9.17, 15) is 0 Å². The Kier molecular flexibility index (Phi) is 6.00. The summed E-state index contributed by atoms with van der Waals surface area (Å²) in [7, 11) is 0. The molecule has 0 aliphatic carbocycles. The minimum absolute atomic E-state index is 0.145. The Morgan fingerprint density at radius 3 is 2.54 bits per heavy atom. The van der Waals surface area contributed by atoms with Crippen LogP contribution in [0.4, 0.5) is 17.5 Å². The summed E-state index contributed by atoms with van der Waals surface area (Å²) in [5.74, 6) is 1.21. The normalized spacial score (nSPS) is 15.7. The summed E-state index contributed by atoms with van der Waals surface area (Å²) < 4.78 is 5.36. The fourth-order valence-electron chi connectivity index (χ4n) is 2.79. The minimum Gasteiger partial charge on any atom is -0.379 e. The number of hydrogen-bond donors (Lipinski definition) is 2. The van der Waals surface area contributed by atoms with Gasteiger partial charge in [-0.2, -0.15) is 10.1 Å². The van der Waals surface area contributed by atoms with E-state index in [0.29, 0.717) is 11.8 Å². The maximum atomic E-state index is 5.36. The van der Waals surface area contributed by atoms with Gasteiger partial charge in [0.05, 0.1) is 19.4 Å². The monoisotopic (exact) mass is 356 g/mol. The Morgan fingerprint density at radius 1 is 1.12 bits per heavy atom. The van der Waals surface area contributed by atoms with Crippen LogP contribution in [0.15, 0.2) is 30.5 Å². The van der Waals surface area contributed by atoms with Crippen molar-refractivity contribution in [2.75, 3.05) is 50.0 Å². The van der Waals surface area contributed by atoms with Crippen LogP contribution in [0.3, 0.4) is 0 Å². The van der Waals surface area contributed by atoms with Crippen LogP contribution in [0, 0.1) is 0 Å². The summed E-state index contributed by atoms with van der Waals surface area (Å²) in [4.78, 5) is 6.85. The highest BCUT2D eigenvalue weighted by Crippen LogP contribution is 2.24. The van der Waals surface area contributed by atoms with Crippen LogP contribution >= 0.6 is 0 Å². The van der Waals surface area contributed by atoms with Crippen molar-refractivity contribution in [3.63, 3.8) is 0 Å². The van der Waals surface area contributed by atoms with E-state index in [2.05, 4.69) is 75.8 Å². The topological polar surface area (TPSA) is 75.2 Å². The highest BCUT2D eigenvalue weighted by atomic mass is 16.5. The highest BCUT2D eigenvalue weighted by Gasteiger charge is 2.13. The molecule has 1 aromatic heterocycles. The lowest BCUT2D eigenvalue weighted by Crippen LogP contribution is -2.39. The lowest BCUT2D eigenvalue weighted by molar-refractivity contribution is 0.0398. The number of aromatic nitrogens is 3. The lowest BCUT2D eigenvalue weighted by atomic mass is 9.87. The molecule has 0 amide bonds. The van der Waals surface area contributed by atoms with E-state index in [1.165, 1.54) is 5.56 Å². The number of rotatable bonds is 6. The van der Waals surface area contributed by atoms with Crippen LogP contribution in [-0.4, -0.2) is 59.5 Å². The van der Waals surface area contributed by atoms with Gasteiger partial charge in [0.25, 0.3) is 0 Å². The highest BCUT2D eigenvalue weighted by molar-refractivity contribution is 5.56. The zero-order chi connectivity index (χ0) is 18.4. The molecule has 2 aromatic rings. The van der Waals surface area contributed by atoms with Gasteiger partial charge in [-0.1, -0.05) is 32.9 Å². The van der Waals surface area contributed by atoms with Gasteiger partial charge in [-0.25, -0.2) is 0 Å². The first-order valence-electron chi connectivity index (χ1n) is 9.12. The number of anilines is 3. The number of ether oxygens (including phenoxy) is 1. The third kappa shape index (κ3) is 5.37. The summed E-state index contributed by atoms with van der Waals surface area (Å²) in [5.41, 5.74) is 2.43. The predicted octanol–water partition coefficient (Wildman–Crippen LogP) is 2.66. The quantitative estimate of drug-likeness (QED) is 0.824. The Balaban J connectivity index is 1.53. The van der Waals surface area contributed by atoms with Crippen molar-refractivity contribution in [2.45, 2.75) is 26.2 Å². The molecule has 1 fully saturated rings. The fraction of sp³-hybridized carbons (Fsp3) is 0.526. The van der Waals surface area contributed by atoms with Crippen LogP contribution in [-0.2, 0) is 10.2 Å².